The lowest BCUT2D eigenvalue weighted by atomic mass is 10.2. The van der Waals surface area contributed by atoms with Crippen LogP contribution in [0, 0.1) is 0 Å². The summed E-state index contributed by atoms with van der Waals surface area (Å²) in [7, 11) is 0. The van der Waals surface area contributed by atoms with Crippen molar-refractivity contribution in [1.29, 1.82) is 0 Å². The highest BCUT2D eigenvalue weighted by molar-refractivity contribution is 8.01. The lowest BCUT2D eigenvalue weighted by Gasteiger charge is -2.09. The van der Waals surface area contributed by atoms with Crippen molar-refractivity contribution in [2.24, 2.45) is 0 Å². The van der Waals surface area contributed by atoms with E-state index >= 15 is 0 Å². The molecule has 0 radical (unpaired) electrons. The van der Waals surface area contributed by atoms with E-state index in [-0.39, 0.29) is 0 Å². The number of benzene rings is 1. The highest BCUT2D eigenvalue weighted by Crippen LogP contribution is 2.33. The van der Waals surface area contributed by atoms with Crippen LogP contribution in [-0.2, 0) is 13.0 Å². The van der Waals surface area contributed by atoms with Crippen molar-refractivity contribution in [3.63, 3.8) is 0 Å². The first kappa shape index (κ1) is 15.8. The molecule has 0 aliphatic heterocycles. The summed E-state index contributed by atoms with van der Waals surface area (Å²) in [6.07, 6.45) is 2.00. The van der Waals surface area contributed by atoms with Gasteiger partial charge in [-0.2, -0.15) is 4.37 Å². The zero-order chi connectivity index (χ0) is 14.4. The third-order valence-corrected chi connectivity index (χ3v) is 4.86. The largest absolute Gasteiger partial charge is 0.313 e. The van der Waals surface area contributed by atoms with Gasteiger partial charge in [-0.3, -0.25) is 0 Å². The Labute approximate surface area is 133 Å². The fourth-order valence-electron chi connectivity index (χ4n) is 1.69. The van der Waals surface area contributed by atoms with E-state index in [0.717, 1.165) is 46.0 Å². The average molecular weight is 328 g/mol. The monoisotopic (exact) mass is 327 g/mol. The zero-order valence-corrected chi connectivity index (χ0v) is 14.0. The first-order valence-electron chi connectivity index (χ1n) is 6.72. The van der Waals surface area contributed by atoms with Gasteiger partial charge < -0.3 is 5.32 Å². The Balaban J connectivity index is 2.13. The number of nitrogens with zero attached hydrogens (tertiary/aromatic N) is 2. The fourth-order valence-corrected chi connectivity index (χ4v) is 3.75. The van der Waals surface area contributed by atoms with Crippen molar-refractivity contribution in [3.8, 4) is 0 Å². The standard InChI is InChI=1S/C14H18ClN3S2/c1-3-7-16-9-10-5-6-11(15)8-12(10)19-14-17-13(4-2)18-20-14/h5-6,8,16H,3-4,7,9H2,1-2H3. The summed E-state index contributed by atoms with van der Waals surface area (Å²) in [4.78, 5) is 5.65. The van der Waals surface area contributed by atoms with Gasteiger partial charge in [0.25, 0.3) is 0 Å². The molecule has 1 heterocycles. The normalized spacial score (nSPS) is 10.9. The maximum absolute atomic E-state index is 6.11. The summed E-state index contributed by atoms with van der Waals surface area (Å²) in [6, 6.07) is 6.02. The summed E-state index contributed by atoms with van der Waals surface area (Å²) in [5, 5.41) is 4.18. The van der Waals surface area contributed by atoms with Gasteiger partial charge in [0, 0.05) is 22.9 Å². The van der Waals surface area contributed by atoms with E-state index in [0.29, 0.717) is 0 Å². The van der Waals surface area contributed by atoms with Gasteiger partial charge >= 0.3 is 0 Å². The van der Waals surface area contributed by atoms with E-state index in [1.54, 1.807) is 11.8 Å². The second kappa shape index (κ2) is 7.98. The van der Waals surface area contributed by atoms with Gasteiger partial charge in [-0.15, -0.1) is 0 Å². The maximum atomic E-state index is 6.11. The predicted octanol–water partition coefficient (Wildman–Crippen LogP) is 4.40. The summed E-state index contributed by atoms with van der Waals surface area (Å²) >= 11 is 9.20. The van der Waals surface area contributed by atoms with Crippen LogP contribution < -0.4 is 5.32 Å². The van der Waals surface area contributed by atoms with Crippen molar-refractivity contribution < 1.29 is 0 Å². The van der Waals surface area contributed by atoms with Crippen molar-refractivity contribution in [2.75, 3.05) is 6.54 Å². The second-order valence-electron chi connectivity index (χ2n) is 4.36. The van der Waals surface area contributed by atoms with Gasteiger partial charge in [-0.1, -0.05) is 43.3 Å². The molecule has 2 rings (SSSR count). The summed E-state index contributed by atoms with van der Waals surface area (Å²) in [5.74, 6) is 0.908. The number of nitrogens with one attached hydrogen (secondary N) is 1. The van der Waals surface area contributed by atoms with Crippen molar-refractivity contribution >= 4 is 34.9 Å². The molecule has 1 aromatic carbocycles. The molecule has 0 bridgehead atoms. The van der Waals surface area contributed by atoms with E-state index in [2.05, 4.69) is 34.6 Å². The first-order valence-corrected chi connectivity index (χ1v) is 8.69. The van der Waals surface area contributed by atoms with Gasteiger partial charge in [-0.05, 0) is 42.2 Å². The molecule has 0 amide bonds. The summed E-state index contributed by atoms with van der Waals surface area (Å²) < 4.78 is 5.29. The third kappa shape index (κ3) is 4.45. The van der Waals surface area contributed by atoms with Gasteiger partial charge in [-0.25, -0.2) is 4.98 Å². The number of halogens is 1. The lowest BCUT2D eigenvalue weighted by molar-refractivity contribution is 0.669. The molecule has 0 aliphatic carbocycles. The molecule has 0 unspecified atom stereocenters. The predicted molar refractivity (Wildman–Crippen MR) is 86.9 cm³/mol. The highest BCUT2D eigenvalue weighted by atomic mass is 35.5. The van der Waals surface area contributed by atoms with Crippen molar-refractivity contribution in [3.05, 3.63) is 34.6 Å². The van der Waals surface area contributed by atoms with Crippen molar-refractivity contribution in [1.82, 2.24) is 14.7 Å². The van der Waals surface area contributed by atoms with Crippen LogP contribution in [0.1, 0.15) is 31.7 Å². The number of hydrogen-bond acceptors (Lipinski definition) is 5. The molecule has 6 heteroatoms. The maximum Gasteiger partial charge on any atom is 0.174 e. The lowest BCUT2D eigenvalue weighted by Crippen LogP contribution is -2.14. The highest BCUT2D eigenvalue weighted by Gasteiger charge is 2.09. The van der Waals surface area contributed by atoms with Crippen LogP contribution in [0.5, 0.6) is 0 Å². The minimum Gasteiger partial charge on any atom is -0.313 e. The molecule has 0 saturated carbocycles. The molecule has 1 N–H and O–H groups in total. The number of hydrogen-bond donors (Lipinski definition) is 1. The molecule has 20 heavy (non-hydrogen) atoms. The van der Waals surface area contributed by atoms with Gasteiger partial charge in [0.15, 0.2) is 4.34 Å². The Morgan fingerprint density at radius 2 is 2.20 bits per heavy atom. The van der Waals surface area contributed by atoms with Crippen LogP contribution in [0.2, 0.25) is 5.02 Å². The van der Waals surface area contributed by atoms with E-state index in [1.807, 2.05) is 12.1 Å². The third-order valence-electron chi connectivity index (χ3n) is 2.73. The Kier molecular flexibility index (Phi) is 6.29. The topological polar surface area (TPSA) is 37.8 Å². The van der Waals surface area contributed by atoms with Crippen molar-refractivity contribution in [2.45, 2.75) is 42.5 Å². The van der Waals surface area contributed by atoms with Gasteiger partial charge in [0.05, 0.1) is 0 Å². The molecule has 2 aromatic rings. The number of aromatic nitrogens is 2. The summed E-state index contributed by atoms with van der Waals surface area (Å²) in [6.45, 7) is 6.10. The molecule has 1 aromatic heterocycles. The zero-order valence-electron chi connectivity index (χ0n) is 11.6. The van der Waals surface area contributed by atoms with Crippen LogP contribution in [0.25, 0.3) is 0 Å². The minimum atomic E-state index is 0.756. The SMILES string of the molecule is CCCNCc1ccc(Cl)cc1Sc1nc(CC)ns1. The molecular weight excluding hydrogens is 310 g/mol. The molecule has 108 valence electrons. The number of aryl methyl sites for hydroxylation is 1. The number of rotatable bonds is 7. The van der Waals surface area contributed by atoms with Crippen LogP contribution in [0.15, 0.2) is 27.4 Å². The van der Waals surface area contributed by atoms with Crippen LogP contribution >= 0.6 is 34.9 Å². The quantitative estimate of drug-likeness (QED) is 0.765. The second-order valence-corrected chi connectivity index (χ2v) is 6.84. The smallest absolute Gasteiger partial charge is 0.174 e. The van der Waals surface area contributed by atoms with Crippen LogP contribution in [-0.4, -0.2) is 15.9 Å². The Morgan fingerprint density at radius 1 is 1.35 bits per heavy atom. The first-order chi connectivity index (χ1) is 9.72. The molecule has 0 aliphatic rings. The Hall–Kier alpha value is -0.620. The van der Waals surface area contributed by atoms with Crippen LogP contribution in [0.4, 0.5) is 0 Å². The van der Waals surface area contributed by atoms with Gasteiger partial charge in [0.2, 0.25) is 0 Å². The van der Waals surface area contributed by atoms with E-state index in [1.165, 1.54) is 17.1 Å². The average Bonchev–Trinajstić information content (AvgIpc) is 2.89. The van der Waals surface area contributed by atoms with E-state index in [9.17, 15) is 0 Å². The minimum absolute atomic E-state index is 0.756. The molecule has 0 fully saturated rings. The van der Waals surface area contributed by atoms with Crippen LogP contribution in [0.3, 0.4) is 0 Å². The van der Waals surface area contributed by atoms with E-state index in [4.69, 9.17) is 11.6 Å². The molecule has 0 spiro atoms. The Bertz CT molecular complexity index is 557. The summed E-state index contributed by atoms with van der Waals surface area (Å²) in [5.41, 5.74) is 1.25. The molecule has 0 atom stereocenters. The fraction of sp³-hybridized carbons (Fsp3) is 0.429. The molecule has 0 saturated heterocycles. The molecule has 3 nitrogen and oxygen atoms in total. The Morgan fingerprint density at radius 3 is 2.90 bits per heavy atom. The molecular formula is C14H18ClN3S2. The van der Waals surface area contributed by atoms with Gasteiger partial charge in [0.1, 0.15) is 5.82 Å². The van der Waals surface area contributed by atoms with E-state index < -0.39 is 0 Å².